The van der Waals surface area contributed by atoms with Crippen LogP contribution >= 0.6 is 0 Å². The summed E-state index contributed by atoms with van der Waals surface area (Å²) in [7, 11) is 0. The van der Waals surface area contributed by atoms with Crippen LogP contribution in [-0.4, -0.2) is 35.4 Å². The van der Waals surface area contributed by atoms with Crippen LogP contribution in [-0.2, 0) is 13.0 Å². The van der Waals surface area contributed by atoms with Crippen LogP contribution in [0.3, 0.4) is 0 Å². The molecule has 3 aromatic carbocycles. The Kier molecular flexibility index (Phi) is 6.28. The van der Waals surface area contributed by atoms with Gasteiger partial charge in [0, 0.05) is 54.2 Å². The molecule has 0 radical (unpaired) electrons. The van der Waals surface area contributed by atoms with Crippen molar-refractivity contribution in [2.75, 3.05) is 25.0 Å². The number of benzene rings is 3. The van der Waals surface area contributed by atoms with E-state index in [1.165, 1.54) is 11.1 Å². The summed E-state index contributed by atoms with van der Waals surface area (Å²) in [6.07, 6.45) is 1.07. The Bertz CT molecular complexity index is 1350. The number of aryl methyl sites for hydroxylation is 1. The third-order valence-electron chi connectivity index (χ3n) is 6.62. The van der Waals surface area contributed by atoms with Gasteiger partial charge in [0.2, 0.25) is 0 Å². The maximum atomic E-state index is 13.0. The zero-order chi connectivity index (χ0) is 23.5. The topological polar surface area (TPSA) is 57.3 Å². The molecule has 4 aromatic rings. The molecule has 1 aliphatic rings. The third-order valence-corrected chi connectivity index (χ3v) is 6.62. The summed E-state index contributed by atoms with van der Waals surface area (Å²) in [5, 5.41) is 7.72. The monoisotopic (exact) mass is 450 g/mol. The minimum absolute atomic E-state index is 0.0330. The zero-order valence-electron chi connectivity index (χ0n) is 19.8. The first-order valence-electron chi connectivity index (χ1n) is 11.9. The number of carbonyl (C=O) groups excluding carboxylic acids is 1. The second-order valence-corrected chi connectivity index (χ2v) is 8.98. The van der Waals surface area contributed by atoms with E-state index in [9.17, 15) is 4.79 Å². The van der Waals surface area contributed by atoms with Gasteiger partial charge in [-0.2, -0.15) is 0 Å². The molecule has 0 bridgehead atoms. The number of fused-ring (bicyclic) bond motifs is 2. The number of amides is 1. The first-order chi connectivity index (χ1) is 16.6. The van der Waals surface area contributed by atoms with Crippen molar-refractivity contribution in [1.82, 2.24) is 15.2 Å². The van der Waals surface area contributed by atoms with Gasteiger partial charge in [0.05, 0.1) is 5.52 Å². The first kappa shape index (κ1) is 22.1. The van der Waals surface area contributed by atoms with Crippen LogP contribution in [0.1, 0.15) is 32.7 Å². The molecule has 5 nitrogen and oxygen atoms in total. The van der Waals surface area contributed by atoms with Gasteiger partial charge in [-0.3, -0.25) is 14.7 Å². The number of carbonyl (C=O) groups is 1. The molecule has 0 atom stereocenters. The molecular formula is C29H30N4O. The fourth-order valence-electron chi connectivity index (χ4n) is 4.74. The van der Waals surface area contributed by atoms with Crippen molar-refractivity contribution in [3.05, 3.63) is 101 Å². The van der Waals surface area contributed by atoms with Gasteiger partial charge in [0.25, 0.3) is 5.91 Å². The molecule has 5 rings (SSSR count). The molecule has 34 heavy (non-hydrogen) atoms. The Morgan fingerprint density at radius 2 is 1.74 bits per heavy atom. The quantitative estimate of drug-likeness (QED) is 0.414. The van der Waals surface area contributed by atoms with Crippen LogP contribution in [0.15, 0.2) is 72.8 Å². The highest BCUT2D eigenvalue weighted by atomic mass is 16.1. The Morgan fingerprint density at radius 1 is 0.941 bits per heavy atom. The molecule has 0 saturated carbocycles. The van der Waals surface area contributed by atoms with E-state index in [0.29, 0.717) is 12.1 Å². The number of pyridine rings is 1. The molecule has 0 aliphatic carbocycles. The van der Waals surface area contributed by atoms with Crippen molar-refractivity contribution < 1.29 is 4.79 Å². The summed E-state index contributed by atoms with van der Waals surface area (Å²) in [4.78, 5) is 20.0. The van der Waals surface area contributed by atoms with Crippen LogP contribution in [0.5, 0.6) is 0 Å². The summed E-state index contributed by atoms with van der Waals surface area (Å²) in [6, 6.07) is 24.6. The fourth-order valence-corrected chi connectivity index (χ4v) is 4.74. The summed E-state index contributed by atoms with van der Waals surface area (Å²) < 4.78 is 0. The van der Waals surface area contributed by atoms with Crippen LogP contribution < -0.4 is 10.6 Å². The van der Waals surface area contributed by atoms with Gasteiger partial charge in [-0.15, -0.1) is 0 Å². The summed E-state index contributed by atoms with van der Waals surface area (Å²) >= 11 is 0. The minimum Gasteiger partial charge on any atom is -0.355 e. The Balaban J connectivity index is 1.25. The highest BCUT2D eigenvalue weighted by molar-refractivity contribution is 5.98. The lowest BCUT2D eigenvalue weighted by atomic mass is 10.00. The SMILES string of the molecule is Cc1cc(Nc2cccc(C(=O)NCCN3CCc4ccccc4C3)c2C)c2ccccc2n1. The minimum atomic E-state index is -0.0330. The predicted octanol–water partition coefficient (Wildman–Crippen LogP) is 5.38. The van der Waals surface area contributed by atoms with E-state index in [4.69, 9.17) is 0 Å². The molecule has 0 spiro atoms. The largest absolute Gasteiger partial charge is 0.355 e. The van der Waals surface area contributed by atoms with Gasteiger partial charge in [-0.1, -0.05) is 48.5 Å². The van der Waals surface area contributed by atoms with Crippen molar-refractivity contribution in [2.45, 2.75) is 26.8 Å². The van der Waals surface area contributed by atoms with Crippen molar-refractivity contribution in [1.29, 1.82) is 0 Å². The molecule has 172 valence electrons. The zero-order valence-corrected chi connectivity index (χ0v) is 19.8. The lowest BCUT2D eigenvalue weighted by molar-refractivity contribution is 0.0946. The molecule has 2 N–H and O–H groups in total. The molecule has 0 fully saturated rings. The van der Waals surface area contributed by atoms with E-state index in [1.54, 1.807) is 0 Å². The van der Waals surface area contributed by atoms with E-state index in [2.05, 4.69) is 50.8 Å². The maximum Gasteiger partial charge on any atom is 0.251 e. The number of aromatic nitrogens is 1. The summed E-state index contributed by atoms with van der Waals surface area (Å²) in [5.74, 6) is -0.0330. The Labute approximate surface area is 200 Å². The average molecular weight is 451 g/mol. The van der Waals surface area contributed by atoms with Gasteiger partial charge in [0.1, 0.15) is 0 Å². The van der Waals surface area contributed by atoms with E-state index in [0.717, 1.165) is 59.6 Å². The van der Waals surface area contributed by atoms with Crippen molar-refractivity contribution in [3.63, 3.8) is 0 Å². The Morgan fingerprint density at radius 3 is 2.62 bits per heavy atom. The highest BCUT2D eigenvalue weighted by Crippen LogP contribution is 2.29. The summed E-state index contributed by atoms with van der Waals surface area (Å²) in [5.41, 5.74) is 8.30. The fraction of sp³-hybridized carbons (Fsp3) is 0.241. The third kappa shape index (κ3) is 4.66. The number of para-hydroxylation sites is 1. The number of anilines is 2. The lowest BCUT2D eigenvalue weighted by Crippen LogP contribution is -2.38. The number of nitrogens with zero attached hydrogens (tertiary/aromatic N) is 2. The maximum absolute atomic E-state index is 13.0. The molecular weight excluding hydrogens is 420 g/mol. The second-order valence-electron chi connectivity index (χ2n) is 8.98. The van der Waals surface area contributed by atoms with Crippen molar-refractivity contribution in [3.8, 4) is 0 Å². The van der Waals surface area contributed by atoms with E-state index < -0.39 is 0 Å². The molecule has 1 aromatic heterocycles. The van der Waals surface area contributed by atoms with E-state index >= 15 is 0 Å². The van der Waals surface area contributed by atoms with E-state index in [1.807, 2.05) is 56.3 Å². The lowest BCUT2D eigenvalue weighted by Gasteiger charge is -2.28. The standard InChI is InChI=1S/C29H30N4O/c1-20-18-28(25-10-5-6-12-27(25)31-20)32-26-13-7-11-24(21(26)2)29(34)30-15-17-33-16-14-22-8-3-4-9-23(22)19-33/h3-13,18H,14-17,19H2,1-2H3,(H,30,34)(H,31,32). The van der Waals surface area contributed by atoms with Crippen LogP contribution in [0, 0.1) is 13.8 Å². The van der Waals surface area contributed by atoms with Crippen LogP contribution in [0.2, 0.25) is 0 Å². The first-order valence-corrected chi connectivity index (χ1v) is 11.9. The molecule has 0 unspecified atom stereocenters. The number of hydrogen-bond acceptors (Lipinski definition) is 4. The van der Waals surface area contributed by atoms with E-state index in [-0.39, 0.29) is 5.91 Å². The van der Waals surface area contributed by atoms with Gasteiger partial charge >= 0.3 is 0 Å². The molecule has 2 heterocycles. The molecule has 5 heteroatoms. The molecule has 1 aliphatic heterocycles. The Hall–Kier alpha value is -3.70. The second kappa shape index (κ2) is 9.65. The van der Waals surface area contributed by atoms with Crippen molar-refractivity contribution in [2.24, 2.45) is 0 Å². The number of rotatable bonds is 6. The number of nitrogens with one attached hydrogen (secondary N) is 2. The van der Waals surface area contributed by atoms with Gasteiger partial charge in [0.15, 0.2) is 0 Å². The summed E-state index contributed by atoms with van der Waals surface area (Å²) in [6.45, 7) is 7.45. The predicted molar refractivity (Wildman–Crippen MR) is 139 cm³/mol. The van der Waals surface area contributed by atoms with Gasteiger partial charge in [-0.05, 0) is 61.2 Å². The highest BCUT2D eigenvalue weighted by Gasteiger charge is 2.17. The smallest absolute Gasteiger partial charge is 0.251 e. The molecule has 1 amide bonds. The van der Waals surface area contributed by atoms with Crippen LogP contribution in [0.4, 0.5) is 11.4 Å². The van der Waals surface area contributed by atoms with Gasteiger partial charge < -0.3 is 10.6 Å². The van der Waals surface area contributed by atoms with Gasteiger partial charge in [-0.25, -0.2) is 0 Å². The average Bonchev–Trinajstić information content (AvgIpc) is 2.85. The normalized spacial score (nSPS) is 13.5. The van der Waals surface area contributed by atoms with Crippen molar-refractivity contribution >= 4 is 28.2 Å². The van der Waals surface area contributed by atoms with Crippen LogP contribution in [0.25, 0.3) is 10.9 Å². The number of hydrogen-bond donors (Lipinski definition) is 2. The molecule has 0 saturated heterocycles.